The van der Waals surface area contributed by atoms with Crippen LogP contribution in [0.2, 0.25) is 0 Å². The molecule has 0 aliphatic rings. The first-order valence-electron chi connectivity index (χ1n) is 7.80. The number of nitrogens with zero attached hydrogens (tertiary/aromatic N) is 4. The molecule has 2 aromatic heterocycles. The first-order valence-corrected chi connectivity index (χ1v) is 8.79. The largest absolute Gasteiger partial charge is 0.497 e. The maximum Gasteiger partial charge on any atom is 0.277 e. The van der Waals surface area contributed by atoms with E-state index in [1.807, 2.05) is 54.6 Å². The third kappa shape index (κ3) is 3.60. The van der Waals surface area contributed by atoms with Gasteiger partial charge < -0.3 is 13.7 Å². The Morgan fingerprint density at radius 1 is 1.00 bits per heavy atom. The van der Waals surface area contributed by atoms with Gasteiger partial charge in [0.15, 0.2) is 0 Å². The van der Waals surface area contributed by atoms with E-state index in [9.17, 15) is 0 Å². The van der Waals surface area contributed by atoms with Crippen LogP contribution in [0.1, 0.15) is 5.89 Å². The van der Waals surface area contributed by atoms with Gasteiger partial charge in [0.1, 0.15) is 5.75 Å². The first-order chi connectivity index (χ1) is 12.8. The minimum atomic E-state index is 0.438. The van der Waals surface area contributed by atoms with Crippen LogP contribution in [0.25, 0.3) is 22.8 Å². The maximum absolute atomic E-state index is 5.65. The molecule has 0 saturated heterocycles. The Labute approximate surface area is 153 Å². The Morgan fingerprint density at radius 2 is 1.85 bits per heavy atom. The second kappa shape index (κ2) is 7.40. The van der Waals surface area contributed by atoms with Crippen molar-refractivity contribution in [3.63, 3.8) is 0 Å². The lowest BCUT2D eigenvalue weighted by Crippen LogP contribution is -1.86. The molecule has 130 valence electrons. The van der Waals surface area contributed by atoms with E-state index >= 15 is 0 Å². The summed E-state index contributed by atoms with van der Waals surface area (Å²) < 4.78 is 16.2. The monoisotopic (exact) mass is 366 g/mol. The summed E-state index contributed by atoms with van der Waals surface area (Å²) in [6.45, 7) is 0. The van der Waals surface area contributed by atoms with Crippen molar-refractivity contribution in [1.29, 1.82) is 0 Å². The van der Waals surface area contributed by atoms with Crippen molar-refractivity contribution in [1.82, 2.24) is 20.3 Å². The molecular formula is C18H14N4O3S. The summed E-state index contributed by atoms with van der Waals surface area (Å²) in [5.41, 5.74) is 1.71. The van der Waals surface area contributed by atoms with Gasteiger partial charge in [-0.25, -0.2) is 0 Å². The van der Waals surface area contributed by atoms with Crippen LogP contribution in [0.3, 0.4) is 0 Å². The highest BCUT2D eigenvalue weighted by Gasteiger charge is 2.13. The van der Waals surface area contributed by atoms with E-state index in [-0.39, 0.29) is 0 Å². The fourth-order valence-electron chi connectivity index (χ4n) is 2.28. The molecule has 0 unspecified atom stereocenters. The highest BCUT2D eigenvalue weighted by Crippen LogP contribution is 2.26. The Hall–Kier alpha value is -3.13. The lowest BCUT2D eigenvalue weighted by atomic mass is 10.2. The number of aromatic nitrogens is 4. The van der Waals surface area contributed by atoms with Gasteiger partial charge in [-0.05, 0) is 24.3 Å². The summed E-state index contributed by atoms with van der Waals surface area (Å²) in [7, 11) is 1.62. The summed E-state index contributed by atoms with van der Waals surface area (Å²) in [5, 5.41) is 12.5. The van der Waals surface area contributed by atoms with Crippen molar-refractivity contribution in [2.24, 2.45) is 0 Å². The van der Waals surface area contributed by atoms with Gasteiger partial charge >= 0.3 is 0 Å². The van der Waals surface area contributed by atoms with E-state index in [0.717, 1.165) is 16.9 Å². The predicted molar refractivity (Wildman–Crippen MR) is 95.6 cm³/mol. The maximum atomic E-state index is 5.65. The zero-order chi connectivity index (χ0) is 17.8. The van der Waals surface area contributed by atoms with E-state index in [1.165, 1.54) is 11.8 Å². The predicted octanol–water partition coefficient (Wildman–Crippen LogP) is 4.09. The minimum absolute atomic E-state index is 0.438. The molecule has 26 heavy (non-hydrogen) atoms. The molecule has 7 nitrogen and oxygen atoms in total. The Bertz CT molecular complexity index is 1000. The van der Waals surface area contributed by atoms with Gasteiger partial charge in [-0.2, -0.15) is 4.98 Å². The molecule has 0 N–H and O–H groups in total. The molecule has 0 aliphatic heterocycles. The summed E-state index contributed by atoms with van der Waals surface area (Å²) in [5.74, 6) is 2.65. The molecule has 0 bridgehead atoms. The molecule has 4 rings (SSSR count). The average Bonchev–Trinajstić information content (AvgIpc) is 3.37. The normalized spacial score (nSPS) is 10.8. The van der Waals surface area contributed by atoms with Crippen molar-refractivity contribution in [2.45, 2.75) is 11.0 Å². The molecule has 2 aromatic carbocycles. The first kappa shape index (κ1) is 16.3. The Kier molecular flexibility index (Phi) is 4.65. The number of methoxy groups -OCH3 is 1. The molecule has 0 spiro atoms. The molecule has 2 heterocycles. The fourth-order valence-corrected chi connectivity index (χ4v) is 2.88. The van der Waals surface area contributed by atoms with Crippen molar-refractivity contribution >= 4 is 11.8 Å². The molecule has 0 amide bonds. The highest BCUT2D eigenvalue weighted by molar-refractivity contribution is 7.98. The SMILES string of the molecule is COc1cccc(-c2noc(CSc3nnc(-c4ccccc4)o3)n2)c1. The summed E-state index contributed by atoms with van der Waals surface area (Å²) >= 11 is 1.34. The fraction of sp³-hybridized carbons (Fsp3) is 0.111. The number of rotatable bonds is 6. The van der Waals surface area contributed by atoms with Crippen LogP contribution in [0.15, 0.2) is 68.8 Å². The average molecular weight is 366 g/mol. The zero-order valence-electron chi connectivity index (χ0n) is 13.8. The van der Waals surface area contributed by atoms with Crippen LogP contribution in [-0.2, 0) is 5.75 Å². The van der Waals surface area contributed by atoms with Crippen molar-refractivity contribution in [2.75, 3.05) is 7.11 Å². The van der Waals surface area contributed by atoms with Crippen molar-refractivity contribution in [3.8, 4) is 28.6 Å². The van der Waals surface area contributed by atoms with Gasteiger partial charge in [-0.15, -0.1) is 10.2 Å². The molecular weight excluding hydrogens is 352 g/mol. The lowest BCUT2D eigenvalue weighted by molar-refractivity contribution is 0.390. The van der Waals surface area contributed by atoms with Gasteiger partial charge in [0, 0.05) is 11.1 Å². The highest BCUT2D eigenvalue weighted by atomic mass is 32.2. The third-order valence-corrected chi connectivity index (χ3v) is 4.35. The molecule has 0 saturated carbocycles. The summed E-state index contributed by atoms with van der Waals surface area (Å²) in [6.07, 6.45) is 0. The molecule has 0 radical (unpaired) electrons. The number of thioether (sulfide) groups is 1. The van der Waals surface area contributed by atoms with Gasteiger partial charge in [-0.3, -0.25) is 0 Å². The lowest BCUT2D eigenvalue weighted by Gasteiger charge is -1.99. The molecule has 0 atom stereocenters. The van der Waals surface area contributed by atoms with E-state index in [4.69, 9.17) is 13.7 Å². The summed E-state index contributed by atoms with van der Waals surface area (Å²) in [4.78, 5) is 4.39. The van der Waals surface area contributed by atoms with Gasteiger partial charge in [0.25, 0.3) is 5.22 Å². The number of hydrogen-bond donors (Lipinski definition) is 0. The number of ether oxygens (including phenoxy) is 1. The Morgan fingerprint density at radius 3 is 2.69 bits per heavy atom. The molecule has 0 fully saturated rings. The van der Waals surface area contributed by atoms with Crippen LogP contribution in [0.5, 0.6) is 5.75 Å². The van der Waals surface area contributed by atoms with Crippen LogP contribution >= 0.6 is 11.8 Å². The standard InChI is InChI=1S/C18H14N4O3S/c1-23-14-9-5-8-13(10-14)16-19-15(25-22-16)11-26-18-21-20-17(24-18)12-6-3-2-4-7-12/h2-10H,11H2,1H3. The van der Waals surface area contributed by atoms with Crippen LogP contribution < -0.4 is 4.74 Å². The molecule has 8 heteroatoms. The van der Waals surface area contributed by atoms with Crippen molar-refractivity contribution < 1.29 is 13.7 Å². The van der Waals surface area contributed by atoms with E-state index < -0.39 is 0 Å². The van der Waals surface area contributed by atoms with Crippen molar-refractivity contribution in [3.05, 3.63) is 60.5 Å². The van der Waals surface area contributed by atoms with Crippen LogP contribution in [-0.4, -0.2) is 27.4 Å². The summed E-state index contributed by atoms with van der Waals surface area (Å²) in [6, 6.07) is 17.1. The van der Waals surface area contributed by atoms with Gasteiger partial charge in [0.05, 0.1) is 12.9 Å². The zero-order valence-corrected chi connectivity index (χ0v) is 14.6. The number of benzene rings is 2. The van der Waals surface area contributed by atoms with E-state index in [0.29, 0.717) is 28.6 Å². The molecule has 4 aromatic rings. The van der Waals surface area contributed by atoms with Gasteiger partial charge in [0.2, 0.25) is 17.6 Å². The topological polar surface area (TPSA) is 87.1 Å². The second-order valence-electron chi connectivity index (χ2n) is 5.27. The minimum Gasteiger partial charge on any atom is -0.497 e. The Balaban J connectivity index is 1.43. The quantitative estimate of drug-likeness (QED) is 0.472. The number of hydrogen-bond acceptors (Lipinski definition) is 8. The third-order valence-electron chi connectivity index (χ3n) is 3.54. The van der Waals surface area contributed by atoms with Crippen LogP contribution in [0.4, 0.5) is 0 Å². The smallest absolute Gasteiger partial charge is 0.277 e. The molecule has 0 aliphatic carbocycles. The van der Waals surface area contributed by atoms with E-state index in [1.54, 1.807) is 7.11 Å². The van der Waals surface area contributed by atoms with E-state index in [2.05, 4.69) is 20.3 Å². The van der Waals surface area contributed by atoms with Crippen LogP contribution in [0, 0.1) is 0 Å². The second-order valence-corrected chi connectivity index (χ2v) is 6.20. The van der Waals surface area contributed by atoms with Gasteiger partial charge in [-0.1, -0.05) is 47.3 Å².